The molecule has 7 heteroatoms. The summed E-state index contributed by atoms with van der Waals surface area (Å²) in [6, 6.07) is 18.6. The quantitative estimate of drug-likeness (QED) is 0.438. The molecule has 3 rings (SSSR count). The first-order valence-corrected chi connectivity index (χ1v) is 9.17. The Bertz CT molecular complexity index is 1050. The lowest BCUT2D eigenvalue weighted by atomic mass is 10.1. The number of carbonyl (C=O) groups is 1. The van der Waals surface area contributed by atoms with Gasteiger partial charge in [0, 0.05) is 6.07 Å². The summed E-state index contributed by atoms with van der Waals surface area (Å²) in [5.74, 6) is 0.931. The molecule has 1 N–H and O–H groups in total. The molecule has 0 saturated heterocycles. The Kier molecular flexibility index (Phi) is 6.25. The maximum atomic E-state index is 12.2. The molecule has 2 aromatic carbocycles. The third kappa shape index (κ3) is 5.09. The number of rotatable bonds is 6. The third-order valence-electron chi connectivity index (χ3n) is 3.74. The normalized spacial score (nSPS) is 11.0. The molecule has 1 amide bonds. The number of aryl methyl sites for hydroxylation is 1. The molecular formula is C21H16BrN3O3. The first-order chi connectivity index (χ1) is 13.5. The van der Waals surface area contributed by atoms with Crippen molar-refractivity contribution in [3.63, 3.8) is 0 Å². The summed E-state index contributed by atoms with van der Waals surface area (Å²) in [5, 5.41) is 15.5. The summed E-state index contributed by atoms with van der Waals surface area (Å²) in [5.41, 5.74) is 1.69. The summed E-state index contributed by atoms with van der Waals surface area (Å²) in [6.07, 6.45) is 1.49. The number of ether oxygens (including phenoxy) is 1. The van der Waals surface area contributed by atoms with Crippen LogP contribution in [0.5, 0.6) is 5.75 Å². The maximum Gasteiger partial charge on any atom is 0.267 e. The second-order valence-corrected chi connectivity index (χ2v) is 6.77. The van der Waals surface area contributed by atoms with Crippen LogP contribution in [0.15, 0.2) is 69.2 Å². The Morgan fingerprint density at radius 2 is 2.07 bits per heavy atom. The monoisotopic (exact) mass is 437 g/mol. The zero-order valence-electron chi connectivity index (χ0n) is 15.0. The largest absolute Gasteiger partial charge is 0.488 e. The Balaban J connectivity index is 1.70. The fourth-order valence-corrected chi connectivity index (χ4v) is 2.89. The van der Waals surface area contributed by atoms with Gasteiger partial charge in [-0.05, 0) is 52.2 Å². The summed E-state index contributed by atoms with van der Waals surface area (Å²) < 4.78 is 11.4. The van der Waals surface area contributed by atoms with E-state index in [9.17, 15) is 10.1 Å². The Morgan fingerprint density at radius 1 is 1.29 bits per heavy atom. The van der Waals surface area contributed by atoms with Gasteiger partial charge in [-0.3, -0.25) is 4.79 Å². The van der Waals surface area contributed by atoms with Crippen LogP contribution in [0, 0.1) is 18.3 Å². The predicted molar refractivity (Wildman–Crippen MR) is 108 cm³/mol. The molecular weight excluding hydrogens is 422 g/mol. The molecule has 3 aromatic rings. The van der Waals surface area contributed by atoms with Gasteiger partial charge in [-0.2, -0.15) is 5.26 Å². The number of hydrogen-bond donors (Lipinski definition) is 1. The van der Waals surface area contributed by atoms with Crippen molar-refractivity contribution in [3.05, 3.63) is 81.5 Å². The lowest BCUT2D eigenvalue weighted by molar-refractivity contribution is -0.112. The molecule has 0 aliphatic carbocycles. The molecule has 0 atom stereocenters. The van der Waals surface area contributed by atoms with Crippen LogP contribution >= 0.6 is 15.9 Å². The fourth-order valence-electron chi connectivity index (χ4n) is 2.38. The number of nitriles is 1. The van der Waals surface area contributed by atoms with Crippen LogP contribution in [-0.4, -0.2) is 11.1 Å². The molecule has 0 unspecified atom stereocenters. The average molecular weight is 438 g/mol. The minimum atomic E-state index is -0.559. The molecule has 28 heavy (non-hydrogen) atoms. The van der Waals surface area contributed by atoms with Gasteiger partial charge >= 0.3 is 0 Å². The zero-order valence-corrected chi connectivity index (χ0v) is 16.6. The van der Waals surface area contributed by atoms with E-state index < -0.39 is 5.91 Å². The average Bonchev–Trinajstić information content (AvgIpc) is 3.10. The maximum absolute atomic E-state index is 12.2. The Morgan fingerprint density at radius 3 is 2.71 bits per heavy atom. The standard InChI is InChI=1S/C21H16BrN3O3/c1-14-9-20(25-28-14)24-21(26)17(12-23)10-16-7-8-19(18(22)11-16)27-13-15-5-3-2-4-6-15/h2-11H,13H2,1H3,(H,24,25,26)/b17-10-. The van der Waals surface area contributed by atoms with Crippen molar-refractivity contribution in [1.82, 2.24) is 5.16 Å². The molecule has 0 aliphatic heterocycles. The lowest BCUT2D eigenvalue weighted by Gasteiger charge is -2.09. The molecule has 0 fully saturated rings. The molecule has 1 aromatic heterocycles. The van der Waals surface area contributed by atoms with E-state index in [4.69, 9.17) is 9.26 Å². The number of aromatic nitrogens is 1. The van der Waals surface area contributed by atoms with Crippen molar-refractivity contribution in [1.29, 1.82) is 5.26 Å². The molecule has 1 heterocycles. The minimum Gasteiger partial charge on any atom is -0.488 e. The summed E-state index contributed by atoms with van der Waals surface area (Å²) >= 11 is 3.47. The Labute approximate surface area is 170 Å². The zero-order chi connectivity index (χ0) is 19.9. The number of anilines is 1. The van der Waals surface area contributed by atoms with Crippen molar-refractivity contribution in [3.8, 4) is 11.8 Å². The molecule has 0 bridgehead atoms. The van der Waals surface area contributed by atoms with Gasteiger partial charge in [-0.25, -0.2) is 0 Å². The van der Waals surface area contributed by atoms with Crippen LogP contribution in [0.3, 0.4) is 0 Å². The SMILES string of the molecule is Cc1cc(NC(=O)/C(C#N)=C\c2ccc(OCc3ccccc3)c(Br)c2)no1. The van der Waals surface area contributed by atoms with Crippen LogP contribution in [0.4, 0.5) is 5.82 Å². The summed E-state index contributed by atoms with van der Waals surface area (Å²) in [4.78, 5) is 12.2. The van der Waals surface area contributed by atoms with Gasteiger partial charge in [-0.1, -0.05) is 41.6 Å². The van der Waals surface area contributed by atoms with Crippen LogP contribution in [0.25, 0.3) is 6.08 Å². The Hall–Kier alpha value is -3.37. The highest BCUT2D eigenvalue weighted by Crippen LogP contribution is 2.28. The van der Waals surface area contributed by atoms with Crippen LogP contribution in [0.2, 0.25) is 0 Å². The number of amides is 1. The fraction of sp³-hybridized carbons (Fsp3) is 0.0952. The molecule has 0 radical (unpaired) electrons. The smallest absolute Gasteiger partial charge is 0.267 e. The first kappa shape index (κ1) is 19.4. The van der Waals surface area contributed by atoms with Crippen molar-refractivity contribution < 1.29 is 14.1 Å². The number of carbonyl (C=O) groups excluding carboxylic acids is 1. The predicted octanol–water partition coefficient (Wildman–Crippen LogP) is 4.87. The van der Waals surface area contributed by atoms with E-state index in [0.717, 1.165) is 10.0 Å². The summed E-state index contributed by atoms with van der Waals surface area (Å²) in [6.45, 7) is 2.15. The van der Waals surface area contributed by atoms with Gasteiger partial charge in [0.2, 0.25) is 0 Å². The number of hydrogen-bond acceptors (Lipinski definition) is 5. The van der Waals surface area contributed by atoms with Crippen LogP contribution < -0.4 is 10.1 Å². The van der Waals surface area contributed by atoms with E-state index >= 15 is 0 Å². The minimum absolute atomic E-state index is 0.0505. The first-order valence-electron chi connectivity index (χ1n) is 8.38. The van der Waals surface area contributed by atoms with Gasteiger partial charge in [0.05, 0.1) is 4.47 Å². The van der Waals surface area contributed by atoms with Gasteiger partial charge in [-0.15, -0.1) is 0 Å². The molecule has 6 nitrogen and oxygen atoms in total. The number of nitrogens with zero attached hydrogens (tertiary/aromatic N) is 2. The highest BCUT2D eigenvalue weighted by molar-refractivity contribution is 9.10. The van der Waals surface area contributed by atoms with Gasteiger partial charge in [0.1, 0.15) is 29.8 Å². The van der Waals surface area contributed by atoms with Crippen LogP contribution in [0.1, 0.15) is 16.9 Å². The van der Waals surface area contributed by atoms with E-state index in [0.29, 0.717) is 23.7 Å². The molecule has 0 spiro atoms. The second kappa shape index (κ2) is 9.02. The lowest BCUT2D eigenvalue weighted by Crippen LogP contribution is -2.13. The molecule has 140 valence electrons. The highest BCUT2D eigenvalue weighted by atomic mass is 79.9. The summed E-state index contributed by atoms with van der Waals surface area (Å²) in [7, 11) is 0. The van der Waals surface area contributed by atoms with Crippen molar-refractivity contribution in [2.75, 3.05) is 5.32 Å². The molecule has 0 aliphatic rings. The van der Waals surface area contributed by atoms with E-state index in [1.54, 1.807) is 31.2 Å². The van der Waals surface area contributed by atoms with Gasteiger partial charge in [0.25, 0.3) is 5.91 Å². The van der Waals surface area contributed by atoms with Crippen molar-refractivity contribution >= 4 is 33.7 Å². The topological polar surface area (TPSA) is 88.2 Å². The van der Waals surface area contributed by atoms with Crippen molar-refractivity contribution in [2.24, 2.45) is 0 Å². The van der Waals surface area contributed by atoms with Gasteiger partial charge < -0.3 is 14.6 Å². The number of halogens is 1. The number of benzene rings is 2. The van der Waals surface area contributed by atoms with Crippen molar-refractivity contribution in [2.45, 2.75) is 13.5 Å². The number of nitrogens with one attached hydrogen (secondary N) is 1. The van der Waals surface area contributed by atoms with Gasteiger partial charge in [0.15, 0.2) is 5.82 Å². The van der Waals surface area contributed by atoms with Crippen LogP contribution in [-0.2, 0) is 11.4 Å². The van der Waals surface area contributed by atoms with E-state index in [1.165, 1.54) is 6.08 Å². The van der Waals surface area contributed by atoms with E-state index in [2.05, 4.69) is 26.4 Å². The third-order valence-corrected chi connectivity index (χ3v) is 4.36. The van der Waals surface area contributed by atoms with E-state index in [1.807, 2.05) is 36.4 Å². The second-order valence-electron chi connectivity index (χ2n) is 5.91. The van der Waals surface area contributed by atoms with E-state index in [-0.39, 0.29) is 11.4 Å². The highest BCUT2D eigenvalue weighted by Gasteiger charge is 2.12. The molecule has 0 saturated carbocycles.